The van der Waals surface area contributed by atoms with E-state index in [0.717, 1.165) is 29.4 Å². The SMILES string of the molecule is CCCCC(CC)CC.CCc1nc2cc(N(C)Sc3ccccc3)ccc2n1C. The lowest BCUT2D eigenvalue weighted by Gasteiger charge is -2.17. The van der Waals surface area contributed by atoms with Gasteiger partial charge in [-0.15, -0.1) is 0 Å². The van der Waals surface area contributed by atoms with Crippen molar-refractivity contribution in [2.24, 2.45) is 13.0 Å². The van der Waals surface area contributed by atoms with Crippen molar-refractivity contribution in [3.63, 3.8) is 0 Å². The lowest BCUT2D eigenvalue weighted by molar-refractivity contribution is 0.438. The molecule has 0 aliphatic rings. The molecule has 3 nitrogen and oxygen atoms in total. The van der Waals surface area contributed by atoms with Crippen LogP contribution in [-0.4, -0.2) is 16.6 Å². The van der Waals surface area contributed by atoms with Crippen LogP contribution in [0.3, 0.4) is 0 Å². The second kappa shape index (κ2) is 12.7. The van der Waals surface area contributed by atoms with Crippen molar-refractivity contribution < 1.29 is 0 Å². The molecule has 0 spiro atoms. The molecule has 0 atom stereocenters. The number of imidazole rings is 1. The minimum Gasteiger partial charge on any atom is -0.331 e. The monoisotopic (exact) mass is 425 g/mol. The number of unbranched alkanes of at least 4 members (excludes halogenated alkanes) is 1. The van der Waals surface area contributed by atoms with Gasteiger partial charge < -0.3 is 8.87 Å². The third-order valence-electron chi connectivity index (χ3n) is 5.74. The first-order valence-electron chi connectivity index (χ1n) is 11.5. The molecular formula is C26H39N3S. The van der Waals surface area contributed by atoms with Crippen LogP contribution in [0.5, 0.6) is 0 Å². The van der Waals surface area contributed by atoms with Crippen LogP contribution in [0.15, 0.2) is 53.4 Å². The van der Waals surface area contributed by atoms with Crippen molar-refractivity contribution in [1.82, 2.24) is 9.55 Å². The third-order valence-corrected chi connectivity index (χ3v) is 6.71. The maximum Gasteiger partial charge on any atom is 0.109 e. The first kappa shape index (κ1) is 24.3. The standard InChI is InChI=1S/C17H19N3S.C9H20/c1-4-17-18-15-12-13(10-11-16(15)19(17)2)20(3)21-14-8-6-5-7-9-14;1-4-7-8-9(5-2)6-3/h5-12H,4H2,1-3H3;9H,4-8H2,1-3H3. The van der Waals surface area contributed by atoms with Gasteiger partial charge in [-0.1, -0.05) is 78.0 Å². The van der Waals surface area contributed by atoms with E-state index < -0.39 is 0 Å². The topological polar surface area (TPSA) is 21.1 Å². The summed E-state index contributed by atoms with van der Waals surface area (Å²) < 4.78 is 4.35. The van der Waals surface area contributed by atoms with E-state index >= 15 is 0 Å². The molecule has 0 amide bonds. The molecule has 0 radical (unpaired) electrons. The molecule has 1 aromatic heterocycles. The average molecular weight is 426 g/mol. The summed E-state index contributed by atoms with van der Waals surface area (Å²) in [5.41, 5.74) is 3.41. The lowest BCUT2D eigenvalue weighted by Crippen LogP contribution is -2.05. The summed E-state index contributed by atoms with van der Waals surface area (Å²) in [6.07, 6.45) is 7.93. The van der Waals surface area contributed by atoms with Gasteiger partial charge in [0.15, 0.2) is 0 Å². The van der Waals surface area contributed by atoms with Crippen LogP contribution >= 0.6 is 11.9 Å². The Morgan fingerprint density at radius 3 is 2.30 bits per heavy atom. The van der Waals surface area contributed by atoms with E-state index in [1.807, 2.05) is 6.07 Å². The highest BCUT2D eigenvalue weighted by Gasteiger charge is 2.09. The van der Waals surface area contributed by atoms with Crippen molar-refractivity contribution in [3.05, 3.63) is 54.4 Å². The zero-order valence-electron chi connectivity index (χ0n) is 19.7. The molecular weight excluding hydrogens is 386 g/mol. The number of hydrogen-bond acceptors (Lipinski definition) is 3. The van der Waals surface area contributed by atoms with E-state index in [1.165, 1.54) is 42.5 Å². The zero-order valence-corrected chi connectivity index (χ0v) is 20.5. The van der Waals surface area contributed by atoms with Gasteiger partial charge in [-0.05, 0) is 48.2 Å². The maximum atomic E-state index is 4.71. The summed E-state index contributed by atoms with van der Waals surface area (Å²) in [5, 5.41) is 0. The van der Waals surface area contributed by atoms with Gasteiger partial charge in [-0.25, -0.2) is 4.98 Å². The van der Waals surface area contributed by atoms with Gasteiger partial charge in [-0.2, -0.15) is 0 Å². The molecule has 30 heavy (non-hydrogen) atoms. The number of hydrogen-bond donors (Lipinski definition) is 0. The van der Waals surface area contributed by atoms with Crippen LogP contribution in [-0.2, 0) is 13.5 Å². The Morgan fingerprint density at radius 1 is 1.00 bits per heavy atom. The molecule has 0 aliphatic heterocycles. The summed E-state index contributed by atoms with van der Waals surface area (Å²) in [6.45, 7) is 9.00. The van der Waals surface area contributed by atoms with Gasteiger partial charge in [-0.3, -0.25) is 0 Å². The minimum absolute atomic E-state index is 0.953. The molecule has 2 aromatic carbocycles. The Bertz CT molecular complexity index is 869. The first-order valence-corrected chi connectivity index (χ1v) is 12.2. The molecule has 4 heteroatoms. The highest BCUT2D eigenvalue weighted by Crippen LogP contribution is 2.29. The van der Waals surface area contributed by atoms with Crippen LogP contribution in [0.1, 0.15) is 65.6 Å². The van der Waals surface area contributed by atoms with E-state index in [1.54, 1.807) is 11.9 Å². The van der Waals surface area contributed by atoms with Gasteiger partial charge >= 0.3 is 0 Å². The predicted octanol–water partition coefficient (Wildman–Crippen LogP) is 7.89. The fourth-order valence-corrected chi connectivity index (χ4v) is 4.45. The molecule has 164 valence electrons. The smallest absolute Gasteiger partial charge is 0.109 e. The summed E-state index contributed by atoms with van der Waals surface area (Å²) in [5.74, 6) is 2.13. The van der Waals surface area contributed by atoms with E-state index in [4.69, 9.17) is 4.98 Å². The second-order valence-corrected chi connectivity index (χ2v) is 9.04. The molecule has 0 fully saturated rings. The normalized spacial score (nSPS) is 10.9. The Labute approximate surface area is 188 Å². The third kappa shape index (κ3) is 6.80. The number of rotatable bonds is 9. The summed E-state index contributed by atoms with van der Waals surface area (Å²) in [6, 6.07) is 16.9. The molecule has 0 unspecified atom stereocenters. The van der Waals surface area contributed by atoms with Crippen LogP contribution in [0.25, 0.3) is 11.0 Å². The lowest BCUT2D eigenvalue weighted by atomic mass is 9.97. The Balaban J connectivity index is 0.000000303. The quantitative estimate of drug-likeness (QED) is 0.325. The molecule has 0 saturated heterocycles. The molecule has 0 aliphatic carbocycles. The zero-order chi connectivity index (χ0) is 21.9. The van der Waals surface area contributed by atoms with Gasteiger partial charge in [0.05, 0.1) is 11.0 Å². The number of aromatic nitrogens is 2. The summed E-state index contributed by atoms with van der Waals surface area (Å²) >= 11 is 1.72. The fraction of sp³-hybridized carbons (Fsp3) is 0.500. The van der Waals surface area contributed by atoms with Gasteiger partial charge in [0.25, 0.3) is 0 Å². The van der Waals surface area contributed by atoms with Crippen LogP contribution < -0.4 is 4.31 Å². The highest BCUT2D eigenvalue weighted by atomic mass is 32.2. The van der Waals surface area contributed by atoms with E-state index in [0.29, 0.717) is 0 Å². The van der Waals surface area contributed by atoms with Crippen LogP contribution in [0.2, 0.25) is 0 Å². The van der Waals surface area contributed by atoms with E-state index in [-0.39, 0.29) is 0 Å². The second-order valence-electron chi connectivity index (χ2n) is 7.84. The molecule has 0 bridgehead atoms. The van der Waals surface area contributed by atoms with Gasteiger partial charge in [0, 0.05) is 31.1 Å². The van der Waals surface area contributed by atoms with Crippen molar-refractivity contribution in [2.75, 3.05) is 11.4 Å². The molecule has 3 rings (SSSR count). The average Bonchev–Trinajstić information content (AvgIpc) is 3.10. The number of anilines is 1. The van der Waals surface area contributed by atoms with Crippen molar-refractivity contribution in [2.45, 2.75) is 71.1 Å². The summed E-state index contributed by atoms with van der Waals surface area (Å²) in [7, 11) is 4.17. The predicted molar refractivity (Wildman–Crippen MR) is 134 cm³/mol. The minimum atomic E-state index is 0.953. The molecule has 0 N–H and O–H groups in total. The van der Waals surface area contributed by atoms with Crippen molar-refractivity contribution in [3.8, 4) is 0 Å². The molecule has 1 heterocycles. The number of aryl methyl sites for hydroxylation is 2. The van der Waals surface area contributed by atoms with Gasteiger partial charge in [0.2, 0.25) is 0 Å². The van der Waals surface area contributed by atoms with Gasteiger partial charge in [0.1, 0.15) is 5.82 Å². The highest BCUT2D eigenvalue weighted by molar-refractivity contribution is 8.00. The molecule has 3 aromatic rings. The Morgan fingerprint density at radius 2 is 1.70 bits per heavy atom. The van der Waals surface area contributed by atoms with Crippen LogP contribution in [0, 0.1) is 5.92 Å². The van der Waals surface area contributed by atoms with E-state index in [9.17, 15) is 0 Å². The number of nitrogens with zero attached hydrogens (tertiary/aromatic N) is 3. The Hall–Kier alpha value is -1.94. The Kier molecular flexibility index (Phi) is 10.3. The fourth-order valence-electron chi connectivity index (χ4n) is 3.63. The van der Waals surface area contributed by atoms with Crippen LogP contribution in [0.4, 0.5) is 5.69 Å². The largest absolute Gasteiger partial charge is 0.331 e. The summed E-state index contributed by atoms with van der Waals surface area (Å²) in [4.78, 5) is 5.94. The first-order chi connectivity index (χ1) is 14.5. The maximum absolute atomic E-state index is 4.71. The number of benzene rings is 2. The van der Waals surface area contributed by atoms with E-state index in [2.05, 4.69) is 93.1 Å². The molecule has 0 saturated carbocycles. The van der Waals surface area contributed by atoms with Crippen molar-refractivity contribution >= 4 is 28.7 Å². The van der Waals surface area contributed by atoms with Crippen molar-refractivity contribution in [1.29, 1.82) is 0 Å². The number of fused-ring (bicyclic) bond motifs is 1.